The second kappa shape index (κ2) is 8.04. The number of sulfone groups is 1. The number of methoxy groups -OCH3 is 1. The van der Waals surface area contributed by atoms with E-state index in [9.17, 15) is 18.0 Å². The van der Waals surface area contributed by atoms with Crippen molar-refractivity contribution < 1.29 is 22.7 Å². The minimum Gasteiger partial charge on any atom is -0.466 e. The molecule has 0 aromatic heterocycles. The molecule has 28 heavy (non-hydrogen) atoms. The van der Waals surface area contributed by atoms with Crippen molar-refractivity contribution in [2.45, 2.75) is 10.9 Å². The molecule has 0 bridgehead atoms. The smallest absolute Gasteiger partial charge is 0.338 e. The highest BCUT2D eigenvalue weighted by atomic mass is 35.5. The van der Waals surface area contributed by atoms with Crippen LogP contribution in [0.5, 0.6) is 0 Å². The average molecular weight is 421 g/mol. The Morgan fingerprint density at radius 1 is 1.11 bits per heavy atom. The molecule has 2 aromatic carbocycles. The SMILES string of the molecule is COC(=O)C1=C(CS(=O)(=O)c2ccccc2)NC(=O)NC1c1ccccc1Cl. The lowest BCUT2D eigenvalue weighted by Crippen LogP contribution is -2.47. The number of carbonyl (C=O) groups excluding carboxylic acids is 2. The quantitative estimate of drug-likeness (QED) is 0.724. The summed E-state index contributed by atoms with van der Waals surface area (Å²) in [5.41, 5.74) is 0.383. The highest BCUT2D eigenvalue weighted by Crippen LogP contribution is 2.32. The minimum absolute atomic E-state index is 0.0188. The number of hydrogen-bond acceptors (Lipinski definition) is 5. The maximum absolute atomic E-state index is 12.8. The van der Waals surface area contributed by atoms with E-state index in [1.165, 1.54) is 19.2 Å². The topological polar surface area (TPSA) is 102 Å². The molecule has 1 unspecified atom stereocenters. The van der Waals surface area contributed by atoms with Crippen LogP contribution in [0.3, 0.4) is 0 Å². The standard InChI is InChI=1S/C19H17ClN2O5S/c1-27-18(23)16-15(11-28(25,26)12-7-3-2-4-8-12)21-19(24)22-17(16)13-9-5-6-10-14(13)20/h2-10,17H,11H2,1H3,(H2,21,22,24). The van der Waals surface area contributed by atoms with Gasteiger partial charge in [0.2, 0.25) is 0 Å². The van der Waals surface area contributed by atoms with Crippen LogP contribution in [0.15, 0.2) is 70.8 Å². The number of ether oxygens (including phenoxy) is 1. The zero-order chi connectivity index (χ0) is 20.3. The summed E-state index contributed by atoms with van der Waals surface area (Å²) < 4.78 is 30.4. The summed E-state index contributed by atoms with van der Waals surface area (Å²) in [6.45, 7) is 0. The molecule has 0 saturated heterocycles. The Bertz CT molecular complexity index is 1050. The Balaban J connectivity index is 2.12. The van der Waals surface area contributed by atoms with Gasteiger partial charge in [-0.25, -0.2) is 18.0 Å². The van der Waals surface area contributed by atoms with Crippen molar-refractivity contribution in [2.24, 2.45) is 0 Å². The van der Waals surface area contributed by atoms with Gasteiger partial charge in [0.1, 0.15) is 0 Å². The number of hydrogen-bond donors (Lipinski definition) is 2. The number of halogens is 1. The van der Waals surface area contributed by atoms with Crippen LogP contribution in [0, 0.1) is 0 Å². The predicted molar refractivity (Wildman–Crippen MR) is 103 cm³/mol. The largest absolute Gasteiger partial charge is 0.466 e. The van der Waals surface area contributed by atoms with E-state index in [-0.39, 0.29) is 16.2 Å². The Morgan fingerprint density at radius 2 is 1.75 bits per heavy atom. The van der Waals surface area contributed by atoms with E-state index in [0.29, 0.717) is 10.6 Å². The Kier molecular flexibility index (Phi) is 5.71. The Labute approximate surface area is 167 Å². The number of amides is 2. The first-order valence-corrected chi connectivity index (χ1v) is 10.3. The molecule has 2 amide bonds. The lowest BCUT2D eigenvalue weighted by atomic mass is 9.95. The van der Waals surface area contributed by atoms with Gasteiger partial charge in [-0.05, 0) is 23.8 Å². The van der Waals surface area contributed by atoms with Gasteiger partial charge in [0.25, 0.3) is 0 Å². The first-order valence-electron chi connectivity index (χ1n) is 8.24. The van der Waals surface area contributed by atoms with E-state index in [4.69, 9.17) is 16.3 Å². The van der Waals surface area contributed by atoms with Crippen LogP contribution in [0.4, 0.5) is 4.79 Å². The zero-order valence-electron chi connectivity index (χ0n) is 14.8. The van der Waals surface area contributed by atoms with Crippen molar-refractivity contribution in [1.82, 2.24) is 10.6 Å². The van der Waals surface area contributed by atoms with Crippen molar-refractivity contribution in [3.05, 3.63) is 76.5 Å². The van der Waals surface area contributed by atoms with E-state index in [2.05, 4.69) is 10.6 Å². The highest BCUT2D eigenvalue weighted by molar-refractivity contribution is 7.91. The molecular formula is C19H17ClN2O5S. The Morgan fingerprint density at radius 3 is 2.39 bits per heavy atom. The van der Waals surface area contributed by atoms with Gasteiger partial charge in [0, 0.05) is 10.7 Å². The molecule has 7 nitrogen and oxygen atoms in total. The molecule has 1 atom stereocenters. The number of carbonyl (C=O) groups is 2. The maximum Gasteiger partial charge on any atom is 0.338 e. The predicted octanol–water partition coefficient (Wildman–Crippen LogP) is 2.59. The third-order valence-corrected chi connectivity index (χ3v) is 6.22. The lowest BCUT2D eigenvalue weighted by molar-refractivity contribution is -0.136. The summed E-state index contributed by atoms with van der Waals surface area (Å²) >= 11 is 6.23. The zero-order valence-corrected chi connectivity index (χ0v) is 16.4. The van der Waals surface area contributed by atoms with Gasteiger partial charge in [-0.1, -0.05) is 48.0 Å². The third kappa shape index (κ3) is 4.02. The van der Waals surface area contributed by atoms with Gasteiger partial charge in [0.15, 0.2) is 9.84 Å². The van der Waals surface area contributed by atoms with Crippen LogP contribution in [0.2, 0.25) is 5.02 Å². The fourth-order valence-corrected chi connectivity index (χ4v) is 4.52. The van der Waals surface area contributed by atoms with E-state index < -0.39 is 33.6 Å². The van der Waals surface area contributed by atoms with Crippen molar-refractivity contribution in [3.8, 4) is 0 Å². The molecule has 2 aromatic rings. The minimum atomic E-state index is -3.81. The van der Waals surface area contributed by atoms with Gasteiger partial charge in [-0.15, -0.1) is 0 Å². The number of benzene rings is 2. The fourth-order valence-electron chi connectivity index (χ4n) is 2.93. The molecule has 0 radical (unpaired) electrons. The number of rotatable bonds is 5. The van der Waals surface area contributed by atoms with Crippen LogP contribution >= 0.6 is 11.6 Å². The van der Waals surface area contributed by atoms with Gasteiger partial charge < -0.3 is 15.4 Å². The van der Waals surface area contributed by atoms with Crippen LogP contribution in [0.25, 0.3) is 0 Å². The molecule has 1 aliphatic heterocycles. The molecule has 2 N–H and O–H groups in total. The highest BCUT2D eigenvalue weighted by Gasteiger charge is 2.36. The molecule has 3 rings (SSSR count). The summed E-state index contributed by atoms with van der Waals surface area (Å²) in [6, 6.07) is 12.8. The second-order valence-electron chi connectivity index (χ2n) is 6.01. The van der Waals surface area contributed by atoms with E-state index in [0.717, 1.165) is 0 Å². The van der Waals surface area contributed by atoms with Gasteiger partial charge in [-0.3, -0.25) is 0 Å². The molecule has 1 aliphatic rings. The number of nitrogens with one attached hydrogen (secondary N) is 2. The number of urea groups is 1. The molecule has 9 heteroatoms. The lowest BCUT2D eigenvalue weighted by Gasteiger charge is -2.29. The first kappa shape index (κ1) is 19.9. The van der Waals surface area contributed by atoms with Crippen LogP contribution in [0.1, 0.15) is 11.6 Å². The Hall–Kier alpha value is -2.84. The molecule has 0 spiro atoms. The summed E-state index contributed by atoms with van der Waals surface area (Å²) in [7, 11) is -2.64. The summed E-state index contributed by atoms with van der Waals surface area (Å²) in [4.78, 5) is 24.8. The van der Waals surface area contributed by atoms with Crippen molar-refractivity contribution in [2.75, 3.05) is 12.9 Å². The van der Waals surface area contributed by atoms with Crippen molar-refractivity contribution >= 4 is 33.4 Å². The molecule has 1 heterocycles. The molecule has 0 aliphatic carbocycles. The summed E-state index contributed by atoms with van der Waals surface area (Å²) in [5, 5.41) is 5.36. The van der Waals surface area contributed by atoms with Crippen LogP contribution < -0.4 is 10.6 Å². The first-order chi connectivity index (χ1) is 13.3. The second-order valence-corrected chi connectivity index (χ2v) is 8.41. The molecule has 0 saturated carbocycles. The van der Waals surface area contributed by atoms with Crippen LogP contribution in [-0.4, -0.2) is 33.3 Å². The molecular weight excluding hydrogens is 404 g/mol. The molecule has 0 fully saturated rings. The van der Waals surface area contributed by atoms with Crippen molar-refractivity contribution in [1.29, 1.82) is 0 Å². The monoisotopic (exact) mass is 420 g/mol. The normalized spacial score (nSPS) is 16.9. The summed E-state index contributed by atoms with van der Waals surface area (Å²) in [5.74, 6) is -1.34. The van der Waals surface area contributed by atoms with Gasteiger partial charge in [-0.2, -0.15) is 0 Å². The van der Waals surface area contributed by atoms with E-state index in [1.807, 2.05) is 0 Å². The maximum atomic E-state index is 12.8. The fraction of sp³-hybridized carbons (Fsp3) is 0.158. The number of esters is 1. The third-order valence-electron chi connectivity index (χ3n) is 4.21. The van der Waals surface area contributed by atoms with Crippen LogP contribution in [-0.2, 0) is 19.4 Å². The van der Waals surface area contributed by atoms with Gasteiger partial charge >= 0.3 is 12.0 Å². The van der Waals surface area contributed by atoms with Crippen molar-refractivity contribution in [3.63, 3.8) is 0 Å². The summed E-state index contributed by atoms with van der Waals surface area (Å²) in [6.07, 6.45) is 0. The van der Waals surface area contributed by atoms with E-state index >= 15 is 0 Å². The molecule has 146 valence electrons. The van der Waals surface area contributed by atoms with Gasteiger partial charge in [0.05, 0.1) is 29.4 Å². The average Bonchev–Trinajstić information content (AvgIpc) is 2.68. The van der Waals surface area contributed by atoms with E-state index in [1.54, 1.807) is 42.5 Å².